The second kappa shape index (κ2) is 4.41. The molecule has 3 aromatic rings. The summed E-state index contributed by atoms with van der Waals surface area (Å²) >= 11 is 3.47. The second-order valence-electron chi connectivity index (χ2n) is 4.01. The van der Waals surface area contributed by atoms with Crippen molar-refractivity contribution in [2.45, 2.75) is 6.54 Å². The van der Waals surface area contributed by atoms with Crippen LogP contribution in [-0.2, 0) is 6.54 Å². The van der Waals surface area contributed by atoms with Crippen LogP contribution in [0.4, 0.5) is 0 Å². The first-order valence-electron chi connectivity index (χ1n) is 5.61. The molecule has 2 aromatic heterocycles. The molecule has 3 heteroatoms. The first kappa shape index (κ1) is 10.7. The smallest absolute Gasteiger partial charge is 0.177 e. The zero-order valence-corrected chi connectivity index (χ0v) is 10.9. The summed E-state index contributed by atoms with van der Waals surface area (Å²) in [6, 6.07) is 10.5. The highest BCUT2D eigenvalue weighted by Gasteiger charge is 2.06. The van der Waals surface area contributed by atoms with Gasteiger partial charge in [-0.3, -0.25) is 4.98 Å². The maximum atomic E-state index is 4.39. The highest BCUT2D eigenvalue weighted by molar-refractivity contribution is 9.09. The van der Waals surface area contributed by atoms with Crippen LogP contribution in [0.1, 0.15) is 0 Å². The Morgan fingerprint density at radius 3 is 2.94 bits per heavy atom. The van der Waals surface area contributed by atoms with Gasteiger partial charge in [-0.15, -0.1) is 0 Å². The Morgan fingerprint density at radius 1 is 1.12 bits per heavy atom. The number of aryl methyl sites for hydroxylation is 1. The van der Waals surface area contributed by atoms with Crippen molar-refractivity contribution in [3.8, 4) is 0 Å². The number of benzene rings is 1. The summed E-state index contributed by atoms with van der Waals surface area (Å²) in [5, 5.41) is 4.70. The molecule has 0 aliphatic rings. The standard InChI is InChI=1S/C14H12BrN2/c15-6-9-17-8-5-11-3-4-14-12(13(11)10-17)2-1-7-16-14/h1-5,7-8,10H,6,9H2/q+1. The molecule has 0 unspecified atom stereocenters. The van der Waals surface area contributed by atoms with Crippen LogP contribution < -0.4 is 4.57 Å². The van der Waals surface area contributed by atoms with Gasteiger partial charge in [0.05, 0.1) is 16.2 Å². The van der Waals surface area contributed by atoms with E-state index >= 15 is 0 Å². The van der Waals surface area contributed by atoms with Crippen LogP contribution in [0, 0.1) is 0 Å². The van der Waals surface area contributed by atoms with Gasteiger partial charge in [-0.05, 0) is 17.5 Å². The quantitative estimate of drug-likeness (QED) is 0.402. The average Bonchev–Trinajstić information content (AvgIpc) is 2.39. The summed E-state index contributed by atoms with van der Waals surface area (Å²) < 4.78 is 2.20. The number of hydrogen-bond donors (Lipinski definition) is 0. The molecule has 0 radical (unpaired) electrons. The minimum absolute atomic E-state index is 0.964. The first-order valence-corrected chi connectivity index (χ1v) is 6.73. The molecule has 0 spiro atoms. The van der Waals surface area contributed by atoms with Crippen molar-refractivity contribution in [2.75, 3.05) is 5.33 Å². The molecule has 0 saturated carbocycles. The summed E-state index contributed by atoms with van der Waals surface area (Å²) in [5.41, 5.74) is 1.05. The minimum atomic E-state index is 0.964. The number of alkyl halides is 1. The van der Waals surface area contributed by atoms with Crippen molar-refractivity contribution in [3.05, 3.63) is 48.9 Å². The summed E-state index contributed by atoms with van der Waals surface area (Å²) in [7, 11) is 0. The van der Waals surface area contributed by atoms with Crippen molar-refractivity contribution in [1.29, 1.82) is 0 Å². The molecule has 0 bridgehead atoms. The highest BCUT2D eigenvalue weighted by atomic mass is 79.9. The average molecular weight is 288 g/mol. The van der Waals surface area contributed by atoms with E-state index in [1.165, 1.54) is 16.2 Å². The van der Waals surface area contributed by atoms with Crippen molar-refractivity contribution in [2.24, 2.45) is 0 Å². The SMILES string of the molecule is BrCC[n+]1ccc2ccc3ncccc3c2c1. The number of hydrogen-bond acceptors (Lipinski definition) is 1. The van der Waals surface area contributed by atoms with E-state index in [4.69, 9.17) is 0 Å². The Balaban J connectivity index is 2.34. The number of halogens is 1. The molecule has 3 rings (SSSR count). The van der Waals surface area contributed by atoms with E-state index in [0.29, 0.717) is 0 Å². The zero-order chi connectivity index (χ0) is 11.7. The van der Waals surface area contributed by atoms with Gasteiger partial charge in [0.2, 0.25) is 0 Å². The van der Waals surface area contributed by atoms with Crippen LogP contribution in [0.15, 0.2) is 48.9 Å². The van der Waals surface area contributed by atoms with Gasteiger partial charge in [-0.2, -0.15) is 0 Å². The van der Waals surface area contributed by atoms with Gasteiger partial charge in [0.25, 0.3) is 0 Å². The molecule has 0 amide bonds. The van der Waals surface area contributed by atoms with Gasteiger partial charge in [0.15, 0.2) is 18.9 Å². The van der Waals surface area contributed by atoms with Crippen molar-refractivity contribution < 1.29 is 4.57 Å². The maximum absolute atomic E-state index is 4.39. The molecule has 17 heavy (non-hydrogen) atoms. The molecular weight excluding hydrogens is 276 g/mol. The number of aromatic nitrogens is 2. The van der Waals surface area contributed by atoms with Crippen LogP contribution >= 0.6 is 15.9 Å². The van der Waals surface area contributed by atoms with Crippen LogP contribution in [0.2, 0.25) is 0 Å². The van der Waals surface area contributed by atoms with Crippen LogP contribution in [0.3, 0.4) is 0 Å². The van der Waals surface area contributed by atoms with Crippen LogP contribution in [-0.4, -0.2) is 10.3 Å². The van der Waals surface area contributed by atoms with Crippen molar-refractivity contribution in [3.63, 3.8) is 0 Å². The van der Waals surface area contributed by atoms with Gasteiger partial charge in [0, 0.05) is 17.6 Å². The number of fused-ring (bicyclic) bond motifs is 3. The molecule has 0 fully saturated rings. The molecule has 0 atom stereocenters. The van der Waals surface area contributed by atoms with Gasteiger partial charge in [-0.25, -0.2) is 4.57 Å². The summed E-state index contributed by atoms with van der Waals surface area (Å²) in [6.45, 7) is 0.979. The van der Waals surface area contributed by atoms with E-state index in [1.54, 1.807) is 0 Å². The summed E-state index contributed by atoms with van der Waals surface area (Å²) in [5.74, 6) is 0. The van der Waals surface area contributed by atoms with E-state index in [-0.39, 0.29) is 0 Å². The Morgan fingerprint density at radius 2 is 2.06 bits per heavy atom. The third-order valence-electron chi connectivity index (χ3n) is 2.94. The Kier molecular flexibility index (Phi) is 2.77. The molecule has 0 aliphatic heterocycles. The highest BCUT2D eigenvalue weighted by Crippen LogP contribution is 2.22. The number of rotatable bonds is 2. The lowest BCUT2D eigenvalue weighted by atomic mass is 10.1. The Bertz CT molecular complexity index is 679. The molecule has 84 valence electrons. The van der Waals surface area contributed by atoms with Gasteiger partial charge in [-0.1, -0.05) is 28.1 Å². The van der Waals surface area contributed by atoms with E-state index < -0.39 is 0 Å². The van der Waals surface area contributed by atoms with E-state index in [0.717, 1.165) is 17.4 Å². The topological polar surface area (TPSA) is 16.8 Å². The third kappa shape index (κ3) is 1.91. The third-order valence-corrected chi connectivity index (χ3v) is 3.30. The van der Waals surface area contributed by atoms with Gasteiger partial charge in [0.1, 0.15) is 0 Å². The first-order chi connectivity index (χ1) is 8.38. The fourth-order valence-electron chi connectivity index (χ4n) is 2.10. The molecule has 2 nitrogen and oxygen atoms in total. The number of pyridine rings is 2. The second-order valence-corrected chi connectivity index (χ2v) is 4.80. The van der Waals surface area contributed by atoms with Crippen LogP contribution in [0.5, 0.6) is 0 Å². The summed E-state index contributed by atoms with van der Waals surface area (Å²) in [4.78, 5) is 4.39. The number of nitrogens with zero attached hydrogens (tertiary/aromatic N) is 2. The van der Waals surface area contributed by atoms with Crippen molar-refractivity contribution >= 4 is 37.6 Å². The zero-order valence-electron chi connectivity index (χ0n) is 9.31. The molecular formula is C14H12BrN2+. The fraction of sp³-hybridized carbons (Fsp3) is 0.143. The van der Waals surface area contributed by atoms with E-state index in [9.17, 15) is 0 Å². The maximum Gasteiger partial charge on any atom is 0.177 e. The lowest BCUT2D eigenvalue weighted by Crippen LogP contribution is -2.33. The normalized spacial score (nSPS) is 11.1. The van der Waals surface area contributed by atoms with Crippen LogP contribution in [0.25, 0.3) is 21.7 Å². The lowest BCUT2D eigenvalue weighted by molar-refractivity contribution is -0.690. The molecule has 0 saturated heterocycles. The summed E-state index contributed by atoms with van der Waals surface area (Å²) in [6.07, 6.45) is 6.15. The predicted molar refractivity (Wildman–Crippen MR) is 73.2 cm³/mol. The Labute approximate surface area is 108 Å². The minimum Gasteiger partial charge on any atom is -0.256 e. The van der Waals surface area contributed by atoms with Gasteiger partial charge >= 0.3 is 0 Å². The fourth-order valence-corrected chi connectivity index (χ4v) is 2.51. The van der Waals surface area contributed by atoms with Gasteiger partial charge < -0.3 is 0 Å². The molecule has 0 N–H and O–H groups in total. The lowest BCUT2D eigenvalue weighted by Gasteiger charge is -2.02. The Hall–Kier alpha value is -1.48. The monoisotopic (exact) mass is 287 g/mol. The largest absolute Gasteiger partial charge is 0.256 e. The molecule has 1 aromatic carbocycles. The molecule has 2 heterocycles. The van der Waals surface area contributed by atoms with E-state index in [1.807, 2.05) is 12.3 Å². The van der Waals surface area contributed by atoms with E-state index in [2.05, 4.69) is 62.1 Å². The van der Waals surface area contributed by atoms with Crippen molar-refractivity contribution in [1.82, 2.24) is 4.98 Å². The predicted octanol–water partition coefficient (Wildman–Crippen LogP) is 3.07. The molecule has 0 aliphatic carbocycles.